The summed E-state index contributed by atoms with van der Waals surface area (Å²) in [5.74, 6) is 3.93. The van der Waals surface area contributed by atoms with E-state index < -0.39 is 8.32 Å². The molecule has 4 rings (SSSR count). The van der Waals surface area contributed by atoms with Crippen molar-refractivity contribution in [3.05, 3.63) is 12.2 Å². The molecule has 1 heterocycles. The summed E-state index contributed by atoms with van der Waals surface area (Å²) >= 11 is 4.48. The first-order chi connectivity index (χ1) is 12.1. The standard InChI is InChI=1S/C21H36O2S2Si/c1-19(2,3)26(4,5)23-18-8-7-17-20(18)10-9-16(22)13-15(20)14-21(17)24-11-6-12-25-21/h9-10,15-18,22H,6-8,11-14H2,1-5H3/t15-,16-,17-,18+,20-/m0/s1. The summed E-state index contributed by atoms with van der Waals surface area (Å²) in [6.07, 6.45) is 10.7. The lowest BCUT2D eigenvalue weighted by Crippen LogP contribution is -2.50. The number of fused-ring (bicyclic) bond motifs is 1. The summed E-state index contributed by atoms with van der Waals surface area (Å²) in [5, 5.41) is 10.6. The van der Waals surface area contributed by atoms with Crippen molar-refractivity contribution >= 4 is 31.8 Å². The van der Waals surface area contributed by atoms with E-state index in [-0.39, 0.29) is 16.6 Å². The normalized spacial score (nSPS) is 42.1. The highest BCUT2D eigenvalue weighted by Crippen LogP contribution is 2.72. The van der Waals surface area contributed by atoms with Crippen molar-refractivity contribution in [1.29, 1.82) is 0 Å². The van der Waals surface area contributed by atoms with Crippen LogP contribution in [0.5, 0.6) is 0 Å². The predicted octanol–water partition coefficient (Wildman–Crippen LogP) is 5.68. The molecule has 0 unspecified atom stereocenters. The second-order valence-corrected chi connectivity index (χ2v) is 18.3. The summed E-state index contributed by atoms with van der Waals surface area (Å²) in [5.41, 5.74) is 0.173. The van der Waals surface area contributed by atoms with Crippen LogP contribution in [0.3, 0.4) is 0 Å². The third-order valence-corrected chi connectivity index (χ3v) is 16.1. The minimum Gasteiger partial charge on any atom is -0.413 e. The van der Waals surface area contributed by atoms with Crippen molar-refractivity contribution in [3.63, 3.8) is 0 Å². The monoisotopic (exact) mass is 412 g/mol. The molecule has 0 aromatic rings. The van der Waals surface area contributed by atoms with Crippen molar-refractivity contribution in [1.82, 2.24) is 0 Å². The van der Waals surface area contributed by atoms with Gasteiger partial charge in [-0.05, 0) is 73.6 Å². The minimum atomic E-state index is -1.80. The molecule has 0 bridgehead atoms. The van der Waals surface area contributed by atoms with Crippen LogP contribution in [0.1, 0.15) is 52.9 Å². The lowest BCUT2D eigenvalue weighted by molar-refractivity contribution is 0.0245. The Bertz CT molecular complexity index is 579. The zero-order valence-corrected chi connectivity index (χ0v) is 19.7. The van der Waals surface area contributed by atoms with E-state index in [1.54, 1.807) is 0 Å². The fourth-order valence-electron chi connectivity index (χ4n) is 5.75. The average Bonchev–Trinajstić information content (AvgIpc) is 3.01. The van der Waals surface area contributed by atoms with Crippen LogP contribution >= 0.6 is 23.5 Å². The average molecular weight is 413 g/mol. The molecule has 0 aromatic carbocycles. The Hall–Kier alpha value is 0.577. The first-order valence-electron chi connectivity index (χ1n) is 10.4. The van der Waals surface area contributed by atoms with E-state index in [1.165, 1.54) is 37.2 Å². The van der Waals surface area contributed by atoms with Gasteiger partial charge in [-0.1, -0.05) is 32.9 Å². The maximum Gasteiger partial charge on any atom is 0.192 e. The zero-order chi connectivity index (χ0) is 18.8. The third-order valence-electron chi connectivity index (χ3n) is 8.01. The maximum absolute atomic E-state index is 10.4. The van der Waals surface area contributed by atoms with E-state index in [1.807, 2.05) is 0 Å². The molecule has 0 radical (unpaired) electrons. The van der Waals surface area contributed by atoms with Gasteiger partial charge in [0.1, 0.15) is 0 Å². The maximum atomic E-state index is 10.4. The van der Waals surface area contributed by atoms with Crippen LogP contribution in [0.4, 0.5) is 0 Å². The van der Waals surface area contributed by atoms with Crippen LogP contribution in [-0.4, -0.2) is 41.2 Å². The molecule has 1 aliphatic heterocycles. The highest BCUT2D eigenvalue weighted by molar-refractivity contribution is 8.18. The van der Waals surface area contributed by atoms with Gasteiger partial charge >= 0.3 is 0 Å². The van der Waals surface area contributed by atoms with Gasteiger partial charge in [0, 0.05) is 5.41 Å². The first kappa shape index (κ1) is 19.9. The summed E-state index contributed by atoms with van der Waals surface area (Å²) in [7, 11) is -1.80. The Morgan fingerprint density at radius 2 is 1.85 bits per heavy atom. The van der Waals surface area contributed by atoms with E-state index in [9.17, 15) is 5.11 Å². The van der Waals surface area contributed by atoms with Crippen molar-refractivity contribution in [2.75, 3.05) is 11.5 Å². The van der Waals surface area contributed by atoms with Gasteiger partial charge in [-0.15, -0.1) is 23.5 Å². The molecule has 2 saturated carbocycles. The van der Waals surface area contributed by atoms with E-state index in [0.717, 1.165) is 6.42 Å². The second-order valence-electron chi connectivity index (χ2n) is 10.4. The van der Waals surface area contributed by atoms with Crippen molar-refractivity contribution in [3.8, 4) is 0 Å². The highest BCUT2D eigenvalue weighted by atomic mass is 32.2. The van der Waals surface area contributed by atoms with Gasteiger partial charge in [0.05, 0.1) is 16.3 Å². The van der Waals surface area contributed by atoms with Gasteiger partial charge in [0.15, 0.2) is 8.32 Å². The van der Waals surface area contributed by atoms with E-state index in [4.69, 9.17) is 4.43 Å². The number of thioether (sulfide) groups is 2. The van der Waals surface area contributed by atoms with Gasteiger partial charge in [0.25, 0.3) is 0 Å². The number of hydrogen-bond acceptors (Lipinski definition) is 4. The molecule has 1 N–H and O–H groups in total. The van der Waals surface area contributed by atoms with Crippen LogP contribution in [0.25, 0.3) is 0 Å². The molecule has 5 atom stereocenters. The number of rotatable bonds is 2. The Labute approximate surface area is 169 Å². The predicted molar refractivity (Wildman–Crippen MR) is 117 cm³/mol. The molecule has 3 aliphatic carbocycles. The molecular weight excluding hydrogens is 376 g/mol. The molecule has 5 heteroatoms. The van der Waals surface area contributed by atoms with Crippen LogP contribution in [0.15, 0.2) is 12.2 Å². The topological polar surface area (TPSA) is 29.5 Å². The molecule has 26 heavy (non-hydrogen) atoms. The molecule has 4 aliphatic rings. The molecular formula is C21H36O2S2Si. The van der Waals surface area contributed by atoms with Crippen LogP contribution < -0.4 is 0 Å². The molecule has 2 spiro atoms. The third kappa shape index (κ3) is 2.90. The smallest absolute Gasteiger partial charge is 0.192 e. The van der Waals surface area contributed by atoms with E-state index >= 15 is 0 Å². The van der Waals surface area contributed by atoms with Crippen molar-refractivity contribution in [2.24, 2.45) is 17.3 Å². The lowest BCUT2D eigenvalue weighted by Gasteiger charge is -2.47. The van der Waals surface area contributed by atoms with E-state index in [0.29, 0.717) is 22.0 Å². The molecule has 2 nitrogen and oxygen atoms in total. The fraction of sp³-hybridized carbons (Fsp3) is 0.905. The minimum absolute atomic E-state index is 0.173. The second kappa shape index (κ2) is 6.55. The Kier molecular flexibility index (Phi) is 5.00. The number of aliphatic hydroxyl groups excluding tert-OH is 1. The van der Waals surface area contributed by atoms with Crippen LogP contribution in [-0.2, 0) is 4.43 Å². The van der Waals surface area contributed by atoms with Gasteiger partial charge in [0.2, 0.25) is 0 Å². The Morgan fingerprint density at radius 3 is 2.50 bits per heavy atom. The number of hydrogen-bond donors (Lipinski definition) is 1. The molecule has 3 fully saturated rings. The fourth-order valence-corrected chi connectivity index (χ4v) is 11.1. The summed E-state index contributed by atoms with van der Waals surface area (Å²) < 4.78 is 7.47. The number of aliphatic hydroxyl groups is 1. The van der Waals surface area contributed by atoms with Crippen LogP contribution in [0, 0.1) is 17.3 Å². The van der Waals surface area contributed by atoms with Crippen LogP contribution in [0.2, 0.25) is 18.1 Å². The highest BCUT2D eigenvalue weighted by Gasteiger charge is 2.68. The van der Waals surface area contributed by atoms with Crippen molar-refractivity contribution < 1.29 is 9.53 Å². The molecule has 0 amide bonds. The lowest BCUT2D eigenvalue weighted by atomic mass is 9.67. The quantitative estimate of drug-likeness (QED) is 0.467. The van der Waals surface area contributed by atoms with E-state index in [2.05, 4.69) is 69.5 Å². The first-order valence-corrected chi connectivity index (χ1v) is 15.3. The zero-order valence-electron chi connectivity index (χ0n) is 17.1. The SMILES string of the molecule is CC(C)(C)[Si](C)(C)O[C@@H]1CC[C@@H]2C3(C[C@@H]4C[C@@H](O)C=C[C@]421)SCCCS3. The molecule has 0 aromatic heterocycles. The van der Waals surface area contributed by atoms with Gasteiger partial charge in [-0.3, -0.25) is 0 Å². The van der Waals surface area contributed by atoms with Gasteiger partial charge in [-0.2, -0.15) is 0 Å². The molecule has 1 saturated heterocycles. The Morgan fingerprint density at radius 1 is 1.15 bits per heavy atom. The summed E-state index contributed by atoms with van der Waals surface area (Å²) in [6.45, 7) is 11.9. The van der Waals surface area contributed by atoms with Crippen molar-refractivity contribution in [2.45, 2.75) is 87.3 Å². The molecule has 148 valence electrons. The largest absolute Gasteiger partial charge is 0.413 e. The van der Waals surface area contributed by atoms with Gasteiger partial charge in [-0.25, -0.2) is 0 Å². The summed E-state index contributed by atoms with van der Waals surface area (Å²) in [6, 6.07) is 0. The summed E-state index contributed by atoms with van der Waals surface area (Å²) in [4.78, 5) is 0. The van der Waals surface area contributed by atoms with Gasteiger partial charge < -0.3 is 9.53 Å². The Balaban J connectivity index is 1.70.